The Kier molecular flexibility index (Phi) is 4.42. The second kappa shape index (κ2) is 6.66. The van der Waals surface area contributed by atoms with Crippen molar-refractivity contribution in [2.45, 2.75) is 0 Å². The van der Waals surface area contributed by atoms with E-state index in [1.54, 1.807) is 4.90 Å². The van der Waals surface area contributed by atoms with Crippen LogP contribution in [0.3, 0.4) is 0 Å². The highest BCUT2D eigenvalue weighted by atomic mass is 19.1. The molecule has 0 spiro atoms. The molecular formula is C15H14F2N4O2. The average Bonchev–Trinajstić information content (AvgIpc) is 2.59. The first-order valence-electron chi connectivity index (χ1n) is 7.05. The predicted octanol–water partition coefficient (Wildman–Crippen LogP) is 1.97. The highest BCUT2D eigenvalue weighted by Crippen LogP contribution is 2.21. The molecule has 8 heteroatoms. The molecule has 0 saturated carbocycles. The SMILES string of the molecule is O=C(c1cnc(Nc2c(F)cccc2F)nc1)N1CCOCC1. The van der Waals surface area contributed by atoms with Gasteiger partial charge in [0.05, 0.1) is 18.8 Å². The molecule has 0 atom stereocenters. The molecule has 6 nitrogen and oxygen atoms in total. The molecule has 0 unspecified atom stereocenters. The van der Waals surface area contributed by atoms with Crippen LogP contribution in [0, 0.1) is 11.6 Å². The maximum atomic E-state index is 13.6. The van der Waals surface area contributed by atoms with Gasteiger partial charge in [-0.1, -0.05) is 6.07 Å². The highest BCUT2D eigenvalue weighted by Gasteiger charge is 2.19. The molecule has 1 aliphatic rings. The maximum absolute atomic E-state index is 13.6. The summed E-state index contributed by atoms with van der Waals surface area (Å²) in [6, 6.07) is 3.52. The molecule has 0 aliphatic carbocycles. The molecule has 2 aromatic rings. The zero-order valence-corrected chi connectivity index (χ0v) is 12.1. The van der Waals surface area contributed by atoms with Crippen LogP contribution in [0.15, 0.2) is 30.6 Å². The number of rotatable bonds is 3. The minimum Gasteiger partial charge on any atom is -0.378 e. The largest absolute Gasteiger partial charge is 0.378 e. The quantitative estimate of drug-likeness (QED) is 0.936. The lowest BCUT2D eigenvalue weighted by atomic mass is 10.2. The van der Waals surface area contributed by atoms with Crippen LogP contribution in [0.5, 0.6) is 0 Å². The summed E-state index contributed by atoms with van der Waals surface area (Å²) in [5.41, 5.74) is -0.0220. The van der Waals surface area contributed by atoms with Gasteiger partial charge in [-0.15, -0.1) is 0 Å². The summed E-state index contributed by atoms with van der Waals surface area (Å²) in [7, 11) is 0. The van der Waals surface area contributed by atoms with Crippen molar-refractivity contribution in [2.75, 3.05) is 31.6 Å². The Labute approximate surface area is 131 Å². The number of carbonyl (C=O) groups is 1. The molecule has 1 fully saturated rings. The molecular weight excluding hydrogens is 306 g/mol. The Morgan fingerprint density at radius 2 is 1.74 bits per heavy atom. The van der Waals surface area contributed by atoms with Crippen LogP contribution in [-0.2, 0) is 4.74 Å². The van der Waals surface area contributed by atoms with Gasteiger partial charge < -0.3 is 15.0 Å². The van der Waals surface area contributed by atoms with Crippen LogP contribution in [0.25, 0.3) is 0 Å². The summed E-state index contributed by atoms with van der Waals surface area (Å²) >= 11 is 0. The third kappa shape index (κ3) is 3.42. The van der Waals surface area contributed by atoms with Gasteiger partial charge in [0.15, 0.2) is 0 Å². The number of hydrogen-bond acceptors (Lipinski definition) is 5. The van der Waals surface area contributed by atoms with E-state index in [0.717, 1.165) is 12.1 Å². The number of para-hydroxylation sites is 1. The van der Waals surface area contributed by atoms with Crippen LogP contribution in [0.1, 0.15) is 10.4 Å². The zero-order valence-electron chi connectivity index (χ0n) is 12.1. The molecule has 0 radical (unpaired) electrons. The van der Waals surface area contributed by atoms with Crippen molar-refractivity contribution in [1.82, 2.24) is 14.9 Å². The first-order valence-corrected chi connectivity index (χ1v) is 7.05. The van der Waals surface area contributed by atoms with Gasteiger partial charge in [-0.3, -0.25) is 4.79 Å². The third-order valence-corrected chi connectivity index (χ3v) is 3.40. The fourth-order valence-corrected chi connectivity index (χ4v) is 2.18. The number of carbonyl (C=O) groups excluding carboxylic acids is 1. The Bertz CT molecular complexity index is 683. The summed E-state index contributed by atoms with van der Waals surface area (Å²) < 4.78 is 32.3. The van der Waals surface area contributed by atoms with Gasteiger partial charge in [-0.25, -0.2) is 18.7 Å². The van der Waals surface area contributed by atoms with Crippen molar-refractivity contribution in [3.05, 3.63) is 47.8 Å². The first kappa shape index (κ1) is 15.3. The zero-order chi connectivity index (χ0) is 16.2. The Morgan fingerprint density at radius 1 is 1.13 bits per heavy atom. The number of morpholine rings is 1. The van der Waals surface area contributed by atoms with E-state index < -0.39 is 11.6 Å². The molecule has 1 saturated heterocycles. The van der Waals surface area contributed by atoms with Crippen LogP contribution < -0.4 is 5.32 Å². The molecule has 1 aromatic carbocycles. The van der Waals surface area contributed by atoms with Gasteiger partial charge in [-0.2, -0.15) is 0 Å². The summed E-state index contributed by atoms with van der Waals surface area (Å²) in [4.78, 5) is 21.7. The van der Waals surface area contributed by atoms with Gasteiger partial charge in [0, 0.05) is 25.5 Å². The van der Waals surface area contributed by atoms with E-state index in [1.165, 1.54) is 18.5 Å². The van der Waals surface area contributed by atoms with Gasteiger partial charge in [0.25, 0.3) is 5.91 Å². The number of amides is 1. The smallest absolute Gasteiger partial charge is 0.257 e. The number of nitrogens with zero attached hydrogens (tertiary/aromatic N) is 3. The normalized spacial score (nSPS) is 14.6. The van der Waals surface area contributed by atoms with Crippen molar-refractivity contribution >= 4 is 17.5 Å². The van der Waals surface area contributed by atoms with Gasteiger partial charge in [-0.05, 0) is 12.1 Å². The Morgan fingerprint density at radius 3 is 2.35 bits per heavy atom. The molecule has 120 valence electrons. The van der Waals surface area contributed by atoms with Crippen molar-refractivity contribution < 1.29 is 18.3 Å². The number of aromatic nitrogens is 2. The topological polar surface area (TPSA) is 67.4 Å². The fourth-order valence-electron chi connectivity index (χ4n) is 2.18. The van der Waals surface area contributed by atoms with Gasteiger partial charge in [0.2, 0.25) is 5.95 Å². The minimum atomic E-state index is -0.748. The molecule has 2 heterocycles. The van der Waals surface area contributed by atoms with Crippen molar-refractivity contribution in [1.29, 1.82) is 0 Å². The predicted molar refractivity (Wildman–Crippen MR) is 78.4 cm³/mol. The van der Waals surface area contributed by atoms with E-state index in [9.17, 15) is 13.6 Å². The maximum Gasteiger partial charge on any atom is 0.257 e. The summed E-state index contributed by atoms with van der Waals surface area (Å²) in [5, 5.41) is 2.47. The second-order valence-electron chi connectivity index (χ2n) is 4.92. The Hall–Kier alpha value is -2.61. The van der Waals surface area contributed by atoms with E-state index in [1.807, 2.05) is 0 Å². The molecule has 23 heavy (non-hydrogen) atoms. The lowest BCUT2D eigenvalue weighted by Gasteiger charge is -2.26. The highest BCUT2D eigenvalue weighted by molar-refractivity contribution is 5.93. The number of hydrogen-bond donors (Lipinski definition) is 1. The number of ether oxygens (including phenoxy) is 1. The molecule has 1 aliphatic heterocycles. The van der Waals surface area contributed by atoms with E-state index in [2.05, 4.69) is 15.3 Å². The van der Waals surface area contributed by atoms with E-state index in [0.29, 0.717) is 31.9 Å². The lowest BCUT2D eigenvalue weighted by molar-refractivity contribution is 0.0302. The molecule has 0 bridgehead atoms. The Balaban J connectivity index is 1.73. The fraction of sp³-hybridized carbons (Fsp3) is 0.267. The number of benzene rings is 1. The molecule has 3 rings (SSSR count). The van der Waals surface area contributed by atoms with Gasteiger partial charge in [0.1, 0.15) is 17.3 Å². The summed E-state index contributed by atoms with van der Waals surface area (Å²) in [5.74, 6) is -1.69. The third-order valence-electron chi connectivity index (χ3n) is 3.40. The van der Waals surface area contributed by atoms with E-state index in [-0.39, 0.29) is 17.5 Å². The first-order chi connectivity index (χ1) is 11.1. The van der Waals surface area contributed by atoms with Crippen molar-refractivity contribution in [3.8, 4) is 0 Å². The second-order valence-corrected chi connectivity index (χ2v) is 4.92. The molecule has 1 amide bonds. The number of halogens is 2. The standard InChI is InChI=1S/C15H14F2N4O2/c16-11-2-1-3-12(17)13(11)20-15-18-8-10(9-19-15)14(22)21-4-6-23-7-5-21/h1-3,8-9H,4-7H2,(H,18,19,20). The summed E-state index contributed by atoms with van der Waals surface area (Å²) in [6.45, 7) is 2.02. The van der Waals surface area contributed by atoms with Crippen molar-refractivity contribution in [3.63, 3.8) is 0 Å². The van der Waals surface area contributed by atoms with Crippen molar-refractivity contribution in [2.24, 2.45) is 0 Å². The van der Waals surface area contributed by atoms with Crippen LogP contribution >= 0.6 is 0 Å². The van der Waals surface area contributed by atoms with Crippen LogP contribution in [0.2, 0.25) is 0 Å². The van der Waals surface area contributed by atoms with Gasteiger partial charge >= 0.3 is 0 Å². The monoisotopic (exact) mass is 320 g/mol. The van der Waals surface area contributed by atoms with E-state index >= 15 is 0 Å². The van der Waals surface area contributed by atoms with Crippen LogP contribution in [0.4, 0.5) is 20.4 Å². The number of nitrogens with one attached hydrogen (secondary N) is 1. The summed E-state index contributed by atoms with van der Waals surface area (Å²) in [6.07, 6.45) is 2.65. The lowest BCUT2D eigenvalue weighted by Crippen LogP contribution is -2.40. The van der Waals surface area contributed by atoms with E-state index in [4.69, 9.17) is 4.74 Å². The average molecular weight is 320 g/mol. The minimum absolute atomic E-state index is 0.00697. The number of anilines is 2. The van der Waals surface area contributed by atoms with Crippen LogP contribution in [-0.4, -0.2) is 47.1 Å². The molecule has 1 aromatic heterocycles. The molecule has 1 N–H and O–H groups in total.